The van der Waals surface area contributed by atoms with Gasteiger partial charge in [0.15, 0.2) is 0 Å². The highest BCUT2D eigenvalue weighted by Crippen LogP contribution is 2.06. The number of rotatable bonds is 10. The molecule has 4 N–H and O–H groups in total. The minimum Gasteiger partial charge on any atom is -0.391 e. The van der Waals surface area contributed by atoms with Gasteiger partial charge in [-0.15, -0.1) is 0 Å². The lowest BCUT2D eigenvalue weighted by Gasteiger charge is -2.18. The first kappa shape index (κ1) is 18.2. The number of carbonyl (C=O) groups excluding carboxylic acids is 1. The average Bonchev–Trinajstić information content (AvgIpc) is 2.61. The Balaban J connectivity index is 1.73. The smallest absolute Gasteiger partial charge is 0.234 e. The maximum Gasteiger partial charge on any atom is 0.234 e. The number of nitrogens with two attached hydrogens (primary N) is 1. The fourth-order valence-electron chi connectivity index (χ4n) is 2.53. The summed E-state index contributed by atoms with van der Waals surface area (Å²) in [6.07, 6.45) is 3.28. The zero-order valence-electron chi connectivity index (χ0n) is 13.8. The van der Waals surface area contributed by atoms with Crippen molar-refractivity contribution in [3.63, 3.8) is 0 Å². The van der Waals surface area contributed by atoms with Crippen molar-refractivity contribution in [1.29, 1.82) is 0 Å². The van der Waals surface area contributed by atoms with E-state index in [0.717, 1.165) is 12.0 Å². The average molecular weight is 325 g/mol. The maximum atomic E-state index is 11.6. The number of nitrogens with one attached hydrogen (secondary N) is 1. The van der Waals surface area contributed by atoms with Gasteiger partial charge in [0.25, 0.3) is 0 Å². The number of hydrogen-bond acceptors (Lipinski definition) is 3. The third-order valence-corrected chi connectivity index (χ3v) is 3.95. The van der Waals surface area contributed by atoms with Gasteiger partial charge in [-0.3, -0.25) is 4.79 Å². The van der Waals surface area contributed by atoms with E-state index in [1.165, 1.54) is 5.56 Å². The van der Waals surface area contributed by atoms with E-state index in [2.05, 4.69) is 5.32 Å². The molecule has 2 aromatic carbocycles. The second-order valence-electron chi connectivity index (χ2n) is 5.88. The summed E-state index contributed by atoms with van der Waals surface area (Å²) >= 11 is 0. The summed E-state index contributed by atoms with van der Waals surface area (Å²) in [6, 6.07) is 19.5. The Morgan fingerprint density at radius 1 is 1.04 bits per heavy atom. The molecule has 0 saturated carbocycles. The van der Waals surface area contributed by atoms with Crippen LogP contribution in [0.25, 0.3) is 0 Å². The molecule has 24 heavy (non-hydrogen) atoms. The summed E-state index contributed by atoms with van der Waals surface area (Å²) in [7, 11) is 0. The molecule has 127 valence electrons. The van der Waals surface area contributed by atoms with Crippen molar-refractivity contribution in [3.8, 4) is 0 Å². The molecular formula is C20H25N2O2. The number of hydrogen-bond donors (Lipinski definition) is 3. The molecule has 2 atom stereocenters. The van der Waals surface area contributed by atoms with Crippen molar-refractivity contribution >= 4 is 5.91 Å². The van der Waals surface area contributed by atoms with Gasteiger partial charge in [0.2, 0.25) is 5.91 Å². The van der Waals surface area contributed by atoms with E-state index < -0.39 is 12.1 Å². The van der Waals surface area contributed by atoms with Crippen LogP contribution < -0.4 is 11.1 Å². The summed E-state index contributed by atoms with van der Waals surface area (Å²) in [6.45, 7) is 0.315. The summed E-state index contributed by atoms with van der Waals surface area (Å²) in [5.41, 5.74) is 7.77. The Hall–Kier alpha value is -2.17. The number of aliphatic hydroxyl groups is 1. The molecule has 4 nitrogen and oxygen atoms in total. The highest BCUT2D eigenvalue weighted by atomic mass is 16.3. The Bertz CT molecular complexity index is 602. The first-order valence-corrected chi connectivity index (χ1v) is 8.27. The molecule has 1 amide bonds. The number of primary amides is 1. The zero-order valence-corrected chi connectivity index (χ0v) is 13.8. The topological polar surface area (TPSA) is 75.4 Å². The van der Waals surface area contributed by atoms with E-state index in [1.807, 2.05) is 67.1 Å². The monoisotopic (exact) mass is 325 g/mol. The standard InChI is InChI=1S/C20H25N2O2/c21-20(24)19(14-12-17-9-5-2-6-10-17)22-15-18(23)13-11-16-7-3-1-4-8-16/h1-10,13,18-19,22-23H,11-12,14-15H2,(H2,21,24)/t18-,19-/m0/s1. The molecule has 0 spiro atoms. The molecule has 0 bridgehead atoms. The van der Waals surface area contributed by atoms with E-state index in [4.69, 9.17) is 5.73 Å². The molecule has 2 rings (SSSR count). The number of aliphatic hydroxyl groups excluding tert-OH is 1. The lowest BCUT2D eigenvalue weighted by atomic mass is 10.0. The van der Waals surface area contributed by atoms with E-state index in [9.17, 15) is 9.90 Å². The molecule has 0 aliphatic rings. The summed E-state index contributed by atoms with van der Waals surface area (Å²) in [5, 5.41) is 13.1. The van der Waals surface area contributed by atoms with E-state index in [-0.39, 0.29) is 5.91 Å². The lowest BCUT2D eigenvalue weighted by Crippen LogP contribution is -2.44. The van der Waals surface area contributed by atoms with Crippen LogP contribution in [0.15, 0.2) is 60.7 Å². The van der Waals surface area contributed by atoms with E-state index >= 15 is 0 Å². The normalized spacial score (nSPS) is 13.4. The van der Waals surface area contributed by atoms with Gasteiger partial charge >= 0.3 is 0 Å². The van der Waals surface area contributed by atoms with Crippen LogP contribution in [0.1, 0.15) is 17.5 Å². The highest BCUT2D eigenvalue weighted by Gasteiger charge is 2.16. The van der Waals surface area contributed by atoms with Crippen LogP contribution in [0.2, 0.25) is 0 Å². The Kier molecular flexibility index (Phi) is 7.46. The number of amides is 1. The molecule has 0 heterocycles. The summed E-state index contributed by atoms with van der Waals surface area (Å²) < 4.78 is 0. The predicted octanol–water partition coefficient (Wildman–Crippen LogP) is 1.87. The molecule has 4 heteroatoms. The first-order valence-electron chi connectivity index (χ1n) is 8.27. The quantitative estimate of drug-likeness (QED) is 0.624. The lowest BCUT2D eigenvalue weighted by molar-refractivity contribution is -0.120. The Morgan fingerprint density at radius 2 is 1.62 bits per heavy atom. The molecule has 0 aliphatic carbocycles. The largest absolute Gasteiger partial charge is 0.391 e. The van der Waals surface area contributed by atoms with Crippen LogP contribution in [-0.4, -0.2) is 29.7 Å². The summed E-state index contributed by atoms with van der Waals surface area (Å²) in [5.74, 6) is -0.388. The van der Waals surface area contributed by atoms with Gasteiger partial charge in [0.1, 0.15) is 0 Å². The fourth-order valence-corrected chi connectivity index (χ4v) is 2.53. The second-order valence-corrected chi connectivity index (χ2v) is 5.88. The van der Waals surface area contributed by atoms with Gasteiger partial charge in [0.05, 0.1) is 12.1 Å². The number of carbonyl (C=O) groups is 1. The van der Waals surface area contributed by atoms with Gasteiger partial charge in [-0.2, -0.15) is 0 Å². The minimum atomic E-state index is -0.621. The van der Waals surface area contributed by atoms with Crippen molar-refractivity contribution < 1.29 is 9.90 Å². The van der Waals surface area contributed by atoms with Crippen molar-refractivity contribution in [3.05, 3.63) is 78.2 Å². The van der Waals surface area contributed by atoms with Gasteiger partial charge in [0, 0.05) is 6.54 Å². The molecular weight excluding hydrogens is 300 g/mol. The SMILES string of the molecule is NC(=O)[C@H](CCc1ccccc1)NC[C@@H](O)[CH]Cc1ccccc1. The third-order valence-electron chi connectivity index (χ3n) is 3.95. The van der Waals surface area contributed by atoms with Gasteiger partial charge in [-0.1, -0.05) is 60.7 Å². The number of aryl methyl sites for hydroxylation is 1. The van der Waals surface area contributed by atoms with Crippen LogP contribution in [0.4, 0.5) is 0 Å². The minimum absolute atomic E-state index is 0.315. The van der Waals surface area contributed by atoms with Crippen molar-refractivity contribution in [1.82, 2.24) is 5.32 Å². The third kappa shape index (κ3) is 6.52. The fraction of sp³-hybridized carbons (Fsp3) is 0.300. The Labute approximate surface area is 143 Å². The highest BCUT2D eigenvalue weighted by molar-refractivity contribution is 5.79. The number of benzene rings is 2. The summed E-state index contributed by atoms with van der Waals surface area (Å²) in [4.78, 5) is 11.6. The predicted molar refractivity (Wildman–Crippen MR) is 96.2 cm³/mol. The van der Waals surface area contributed by atoms with Crippen molar-refractivity contribution in [2.24, 2.45) is 5.73 Å². The van der Waals surface area contributed by atoms with Crippen LogP contribution in [0.3, 0.4) is 0 Å². The molecule has 0 fully saturated rings. The molecule has 2 aromatic rings. The maximum absolute atomic E-state index is 11.6. The van der Waals surface area contributed by atoms with E-state index in [1.54, 1.807) is 0 Å². The van der Waals surface area contributed by atoms with Crippen LogP contribution in [0.5, 0.6) is 0 Å². The molecule has 0 saturated heterocycles. The Morgan fingerprint density at radius 3 is 2.21 bits per heavy atom. The van der Waals surface area contributed by atoms with Gasteiger partial charge < -0.3 is 16.2 Å². The zero-order chi connectivity index (χ0) is 17.2. The van der Waals surface area contributed by atoms with Gasteiger partial charge in [-0.05, 0) is 36.8 Å². The van der Waals surface area contributed by atoms with E-state index in [0.29, 0.717) is 19.4 Å². The molecule has 0 aromatic heterocycles. The van der Waals surface area contributed by atoms with Crippen LogP contribution >= 0.6 is 0 Å². The van der Waals surface area contributed by atoms with Crippen LogP contribution in [0, 0.1) is 6.42 Å². The van der Waals surface area contributed by atoms with Crippen LogP contribution in [-0.2, 0) is 17.6 Å². The van der Waals surface area contributed by atoms with Gasteiger partial charge in [-0.25, -0.2) is 0 Å². The van der Waals surface area contributed by atoms with Crippen molar-refractivity contribution in [2.75, 3.05) is 6.54 Å². The molecule has 0 aliphatic heterocycles. The second kappa shape index (κ2) is 9.85. The molecule has 1 radical (unpaired) electrons. The first-order chi connectivity index (χ1) is 11.6. The van der Waals surface area contributed by atoms with Crippen molar-refractivity contribution in [2.45, 2.75) is 31.4 Å². The molecule has 0 unspecified atom stereocenters.